The summed E-state index contributed by atoms with van der Waals surface area (Å²) in [6.45, 7) is 0.161. The number of hydrogen-bond donors (Lipinski definition) is 1. The Morgan fingerprint density at radius 1 is 1.12 bits per heavy atom. The molecule has 0 saturated heterocycles. The molecular weight excluding hydrogens is 312 g/mol. The second-order valence-corrected chi connectivity index (χ2v) is 4.88. The Labute approximate surface area is 138 Å². The van der Waals surface area contributed by atoms with E-state index in [1.54, 1.807) is 50.6 Å². The van der Waals surface area contributed by atoms with Crippen LogP contribution in [0, 0.1) is 0 Å². The predicted octanol–water partition coefficient (Wildman–Crippen LogP) is 2.20. The number of nitrogens with zero attached hydrogens (tertiary/aromatic N) is 1. The van der Waals surface area contributed by atoms with E-state index in [4.69, 9.17) is 18.9 Å². The van der Waals surface area contributed by atoms with Crippen molar-refractivity contribution in [1.29, 1.82) is 0 Å². The Kier molecular flexibility index (Phi) is 4.51. The first-order valence-corrected chi connectivity index (χ1v) is 7.16. The van der Waals surface area contributed by atoms with Crippen molar-refractivity contribution >= 4 is 12.1 Å². The van der Waals surface area contributed by atoms with Crippen LogP contribution in [0.3, 0.4) is 0 Å². The van der Waals surface area contributed by atoms with Gasteiger partial charge in [0.25, 0.3) is 5.91 Å². The topological polar surface area (TPSA) is 78.4 Å². The van der Waals surface area contributed by atoms with Crippen LogP contribution in [0.15, 0.2) is 41.5 Å². The first kappa shape index (κ1) is 15.7. The molecule has 0 aliphatic carbocycles. The van der Waals surface area contributed by atoms with Gasteiger partial charge in [-0.05, 0) is 36.4 Å². The third-order valence-corrected chi connectivity index (χ3v) is 3.44. The third kappa shape index (κ3) is 3.24. The average molecular weight is 328 g/mol. The molecule has 0 fully saturated rings. The Bertz CT molecular complexity index is 789. The minimum atomic E-state index is -0.355. The highest BCUT2D eigenvalue weighted by Gasteiger charge is 2.15. The first-order chi connectivity index (χ1) is 11.7. The van der Waals surface area contributed by atoms with Gasteiger partial charge in [0, 0.05) is 11.1 Å². The van der Waals surface area contributed by atoms with E-state index in [-0.39, 0.29) is 12.7 Å². The zero-order chi connectivity index (χ0) is 16.9. The molecule has 7 heteroatoms. The quantitative estimate of drug-likeness (QED) is 0.672. The average Bonchev–Trinajstić information content (AvgIpc) is 3.09. The molecule has 0 atom stereocenters. The number of carbonyl (C=O) groups excluding carboxylic acids is 1. The normalized spacial score (nSPS) is 12.2. The number of carbonyl (C=O) groups is 1. The molecule has 2 aromatic carbocycles. The van der Waals surface area contributed by atoms with Crippen molar-refractivity contribution in [3.05, 3.63) is 47.5 Å². The van der Waals surface area contributed by atoms with Crippen molar-refractivity contribution in [3.63, 3.8) is 0 Å². The fraction of sp³-hybridized carbons (Fsp3) is 0.176. The lowest BCUT2D eigenvalue weighted by molar-refractivity contribution is 0.0954. The van der Waals surface area contributed by atoms with Gasteiger partial charge in [-0.15, -0.1) is 0 Å². The number of nitrogens with one attached hydrogen (secondary N) is 1. The van der Waals surface area contributed by atoms with Crippen LogP contribution >= 0.6 is 0 Å². The molecule has 0 saturated carbocycles. The summed E-state index contributed by atoms with van der Waals surface area (Å²) in [6.07, 6.45) is 1.49. The van der Waals surface area contributed by atoms with Gasteiger partial charge in [-0.25, -0.2) is 5.43 Å². The first-order valence-electron chi connectivity index (χ1n) is 7.16. The van der Waals surface area contributed by atoms with E-state index < -0.39 is 0 Å². The van der Waals surface area contributed by atoms with Gasteiger partial charge in [0.15, 0.2) is 11.5 Å². The van der Waals surface area contributed by atoms with Gasteiger partial charge in [-0.1, -0.05) is 0 Å². The summed E-state index contributed by atoms with van der Waals surface area (Å²) in [6, 6.07) is 10.2. The number of methoxy groups -OCH3 is 2. The molecule has 24 heavy (non-hydrogen) atoms. The van der Waals surface area contributed by atoms with Crippen LogP contribution in [-0.4, -0.2) is 33.1 Å². The zero-order valence-corrected chi connectivity index (χ0v) is 13.2. The summed E-state index contributed by atoms with van der Waals surface area (Å²) < 4.78 is 20.9. The monoisotopic (exact) mass is 328 g/mol. The molecular formula is C17H16N2O5. The van der Waals surface area contributed by atoms with E-state index in [0.29, 0.717) is 34.1 Å². The summed E-state index contributed by atoms with van der Waals surface area (Å²) in [7, 11) is 3.13. The van der Waals surface area contributed by atoms with Crippen molar-refractivity contribution in [2.45, 2.75) is 0 Å². The molecule has 0 aromatic heterocycles. The Hall–Kier alpha value is -3.22. The summed E-state index contributed by atoms with van der Waals surface area (Å²) in [5, 5.41) is 3.96. The molecule has 0 spiro atoms. The highest BCUT2D eigenvalue weighted by atomic mass is 16.7. The minimum absolute atomic E-state index is 0.161. The van der Waals surface area contributed by atoms with Crippen molar-refractivity contribution in [2.24, 2.45) is 5.10 Å². The minimum Gasteiger partial charge on any atom is -0.497 e. The molecule has 3 rings (SSSR count). The number of hydrogen-bond acceptors (Lipinski definition) is 6. The molecule has 1 aliphatic rings. The van der Waals surface area contributed by atoms with Crippen molar-refractivity contribution in [3.8, 4) is 23.0 Å². The molecule has 0 unspecified atom stereocenters. The SMILES string of the molecule is COc1ccc(OC)c(/C=N\NC(=O)c2ccc3c(c2)OCO3)c1. The second kappa shape index (κ2) is 6.91. The summed E-state index contributed by atoms with van der Waals surface area (Å²) in [4.78, 5) is 12.1. The number of rotatable bonds is 5. The van der Waals surface area contributed by atoms with E-state index in [1.807, 2.05) is 0 Å². The van der Waals surface area contributed by atoms with E-state index in [0.717, 1.165) is 0 Å². The van der Waals surface area contributed by atoms with E-state index >= 15 is 0 Å². The number of fused-ring (bicyclic) bond motifs is 1. The fourth-order valence-electron chi connectivity index (χ4n) is 2.20. The molecule has 2 aromatic rings. The van der Waals surface area contributed by atoms with Crippen LogP contribution in [0.2, 0.25) is 0 Å². The van der Waals surface area contributed by atoms with E-state index in [9.17, 15) is 4.79 Å². The maximum atomic E-state index is 12.1. The lowest BCUT2D eigenvalue weighted by atomic mass is 10.2. The fourth-order valence-corrected chi connectivity index (χ4v) is 2.20. The number of amides is 1. The summed E-state index contributed by atoms with van der Waals surface area (Å²) in [5.74, 6) is 2.10. The Morgan fingerprint density at radius 3 is 2.75 bits per heavy atom. The van der Waals surface area contributed by atoms with Crippen LogP contribution < -0.4 is 24.4 Å². The number of hydrazone groups is 1. The molecule has 0 radical (unpaired) electrons. The molecule has 1 amide bonds. The van der Waals surface area contributed by atoms with Gasteiger partial charge in [-0.3, -0.25) is 4.79 Å². The molecule has 124 valence electrons. The van der Waals surface area contributed by atoms with Gasteiger partial charge in [0.1, 0.15) is 11.5 Å². The standard InChI is InChI=1S/C17H16N2O5/c1-21-13-4-6-14(22-2)12(7-13)9-18-19-17(20)11-3-5-15-16(8-11)24-10-23-15/h3-9H,10H2,1-2H3,(H,19,20)/b18-9-. The van der Waals surface area contributed by atoms with Crippen molar-refractivity contribution in [2.75, 3.05) is 21.0 Å². The van der Waals surface area contributed by atoms with Gasteiger partial charge in [0.05, 0.1) is 20.4 Å². The second-order valence-electron chi connectivity index (χ2n) is 4.88. The molecule has 1 heterocycles. The summed E-state index contributed by atoms with van der Waals surface area (Å²) >= 11 is 0. The third-order valence-electron chi connectivity index (χ3n) is 3.44. The smallest absolute Gasteiger partial charge is 0.271 e. The van der Waals surface area contributed by atoms with Crippen LogP contribution in [-0.2, 0) is 0 Å². The zero-order valence-electron chi connectivity index (χ0n) is 13.2. The van der Waals surface area contributed by atoms with E-state index in [2.05, 4.69) is 10.5 Å². The van der Waals surface area contributed by atoms with Gasteiger partial charge in [0.2, 0.25) is 6.79 Å². The van der Waals surface area contributed by atoms with Gasteiger partial charge >= 0.3 is 0 Å². The van der Waals surface area contributed by atoms with Crippen molar-refractivity contribution in [1.82, 2.24) is 5.43 Å². The number of benzene rings is 2. The molecule has 0 bridgehead atoms. The Morgan fingerprint density at radius 2 is 1.96 bits per heavy atom. The Balaban J connectivity index is 1.71. The maximum absolute atomic E-state index is 12.1. The van der Waals surface area contributed by atoms with Crippen LogP contribution in [0.5, 0.6) is 23.0 Å². The molecule has 1 aliphatic heterocycles. The molecule has 1 N–H and O–H groups in total. The van der Waals surface area contributed by atoms with Crippen molar-refractivity contribution < 1.29 is 23.7 Å². The van der Waals surface area contributed by atoms with Crippen LogP contribution in [0.25, 0.3) is 0 Å². The highest BCUT2D eigenvalue weighted by Crippen LogP contribution is 2.32. The highest BCUT2D eigenvalue weighted by molar-refractivity contribution is 5.95. The van der Waals surface area contributed by atoms with Crippen LogP contribution in [0.4, 0.5) is 0 Å². The lowest BCUT2D eigenvalue weighted by Crippen LogP contribution is -2.17. The number of ether oxygens (including phenoxy) is 4. The largest absolute Gasteiger partial charge is 0.497 e. The lowest BCUT2D eigenvalue weighted by Gasteiger charge is -2.07. The maximum Gasteiger partial charge on any atom is 0.271 e. The molecule has 7 nitrogen and oxygen atoms in total. The van der Waals surface area contributed by atoms with E-state index in [1.165, 1.54) is 6.21 Å². The van der Waals surface area contributed by atoms with Gasteiger partial charge < -0.3 is 18.9 Å². The van der Waals surface area contributed by atoms with Crippen LogP contribution in [0.1, 0.15) is 15.9 Å². The van der Waals surface area contributed by atoms with Gasteiger partial charge in [-0.2, -0.15) is 5.10 Å². The predicted molar refractivity (Wildman–Crippen MR) is 87.2 cm³/mol. The summed E-state index contributed by atoms with van der Waals surface area (Å²) in [5.41, 5.74) is 3.57.